The quantitative estimate of drug-likeness (QED) is 0.306. The Bertz CT molecular complexity index is 1200. The second kappa shape index (κ2) is 9.34. The van der Waals surface area contributed by atoms with E-state index in [1.807, 2.05) is 39.8 Å². The molecular weight excluding hydrogens is 412 g/mol. The molecule has 162 valence electrons. The summed E-state index contributed by atoms with van der Waals surface area (Å²) in [6.07, 6.45) is 5.42. The van der Waals surface area contributed by atoms with Gasteiger partial charge in [0.05, 0.1) is 35.5 Å². The molecule has 1 amide bonds. The second-order valence-electron chi connectivity index (χ2n) is 7.65. The van der Waals surface area contributed by atoms with Crippen LogP contribution in [0.5, 0.6) is 0 Å². The molecule has 0 aliphatic heterocycles. The molecule has 2 N–H and O–H groups in total. The maximum absolute atomic E-state index is 12.4. The van der Waals surface area contributed by atoms with Crippen LogP contribution < -0.4 is 10.6 Å². The van der Waals surface area contributed by atoms with Gasteiger partial charge in [-0.05, 0) is 24.3 Å². The lowest BCUT2D eigenvalue weighted by molar-refractivity contribution is -0.121. The minimum atomic E-state index is -0.0710. The summed E-state index contributed by atoms with van der Waals surface area (Å²) < 4.78 is 3.66. The lowest BCUT2D eigenvalue weighted by atomic mass is 10.2. The van der Waals surface area contributed by atoms with Gasteiger partial charge in [0.1, 0.15) is 12.4 Å². The number of carbonyl (C=O) groups is 1. The van der Waals surface area contributed by atoms with E-state index in [1.165, 1.54) is 11.8 Å². The van der Waals surface area contributed by atoms with E-state index in [4.69, 9.17) is 0 Å². The molecule has 0 atom stereocenters. The summed E-state index contributed by atoms with van der Waals surface area (Å²) in [5.74, 6) is 1.23. The molecule has 0 saturated carbocycles. The summed E-state index contributed by atoms with van der Waals surface area (Å²) in [7, 11) is 0. The topological polar surface area (TPSA) is 103 Å². The van der Waals surface area contributed by atoms with Gasteiger partial charge in [-0.25, -0.2) is 19.6 Å². The summed E-state index contributed by atoms with van der Waals surface area (Å²) >= 11 is 1.49. The lowest BCUT2D eigenvalue weighted by Crippen LogP contribution is -2.30. The van der Waals surface area contributed by atoms with Crippen LogP contribution in [0.3, 0.4) is 0 Å². The van der Waals surface area contributed by atoms with Gasteiger partial charge in [0.2, 0.25) is 5.91 Å². The third kappa shape index (κ3) is 4.79. The van der Waals surface area contributed by atoms with Gasteiger partial charge in [0.25, 0.3) is 0 Å². The van der Waals surface area contributed by atoms with Crippen LogP contribution in [0, 0.1) is 5.92 Å². The Morgan fingerprint density at radius 3 is 2.87 bits per heavy atom. The molecule has 0 saturated heterocycles. The number of nitrogens with zero attached hydrogens (tertiary/aromatic N) is 6. The van der Waals surface area contributed by atoms with Crippen molar-refractivity contribution in [2.24, 2.45) is 5.92 Å². The van der Waals surface area contributed by atoms with Crippen molar-refractivity contribution < 1.29 is 4.79 Å². The predicted octanol–water partition coefficient (Wildman–Crippen LogP) is 2.78. The van der Waals surface area contributed by atoms with Crippen LogP contribution in [-0.4, -0.2) is 54.6 Å². The van der Waals surface area contributed by atoms with E-state index in [0.29, 0.717) is 24.2 Å². The monoisotopic (exact) mass is 438 g/mol. The first-order valence-electron chi connectivity index (χ1n) is 10.2. The molecule has 0 spiro atoms. The fourth-order valence-electron chi connectivity index (χ4n) is 3.27. The van der Waals surface area contributed by atoms with Crippen molar-refractivity contribution in [1.82, 2.24) is 34.6 Å². The second-order valence-corrected chi connectivity index (χ2v) is 8.42. The molecule has 0 fully saturated rings. The van der Waals surface area contributed by atoms with Gasteiger partial charge in [-0.15, -0.1) is 0 Å². The Morgan fingerprint density at radius 2 is 2.06 bits per heavy atom. The number of rotatable bonds is 9. The van der Waals surface area contributed by atoms with Crippen LogP contribution in [0.4, 0.5) is 5.82 Å². The van der Waals surface area contributed by atoms with Gasteiger partial charge in [0, 0.05) is 13.1 Å². The third-order valence-corrected chi connectivity index (χ3v) is 5.37. The highest BCUT2D eigenvalue weighted by atomic mass is 32.2. The molecule has 0 aliphatic rings. The molecule has 0 unspecified atom stereocenters. The zero-order chi connectivity index (χ0) is 21.8. The number of benzene rings is 1. The van der Waals surface area contributed by atoms with E-state index < -0.39 is 0 Å². The van der Waals surface area contributed by atoms with Crippen molar-refractivity contribution in [3.63, 3.8) is 0 Å². The molecule has 9 nitrogen and oxygen atoms in total. The van der Waals surface area contributed by atoms with Crippen LogP contribution >= 0.6 is 11.8 Å². The molecular formula is C21H26N8OS. The number of hydrogen-bond acceptors (Lipinski definition) is 7. The number of amides is 1. The van der Waals surface area contributed by atoms with E-state index in [1.54, 1.807) is 12.5 Å². The summed E-state index contributed by atoms with van der Waals surface area (Å²) in [6.45, 7) is 6.33. The van der Waals surface area contributed by atoms with Crippen molar-refractivity contribution in [1.29, 1.82) is 0 Å². The third-order valence-electron chi connectivity index (χ3n) is 4.82. The van der Waals surface area contributed by atoms with Crippen LogP contribution in [0.25, 0.3) is 22.1 Å². The number of fused-ring (bicyclic) bond motifs is 2. The van der Waals surface area contributed by atoms with Gasteiger partial charge in [-0.1, -0.05) is 37.7 Å². The summed E-state index contributed by atoms with van der Waals surface area (Å²) in [4.78, 5) is 26.0. The molecule has 3 heterocycles. The average Bonchev–Trinajstić information content (AvgIpc) is 3.36. The Kier molecular flexibility index (Phi) is 6.36. The first kappa shape index (κ1) is 21.1. The Hall–Kier alpha value is -3.14. The van der Waals surface area contributed by atoms with Gasteiger partial charge >= 0.3 is 0 Å². The summed E-state index contributed by atoms with van der Waals surface area (Å²) in [6, 6.07) is 7.77. The zero-order valence-electron chi connectivity index (χ0n) is 17.9. The number of para-hydroxylation sites is 2. The molecule has 10 heteroatoms. The van der Waals surface area contributed by atoms with Gasteiger partial charge < -0.3 is 15.2 Å². The highest BCUT2D eigenvalue weighted by Crippen LogP contribution is 2.23. The first-order chi connectivity index (χ1) is 15.0. The van der Waals surface area contributed by atoms with Crippen molar-refractivity contribution in [2.45, 2.75) is 32.1 Å². The average molecular weight is 439 g/mol. The van der Waals surface area contributed by atoms with Crippen LogP contribution in [0.2, 0.25) is 0 Å². The largest absolute Gasteiger partial charge is 0.369 e. The summed E-state index contributed by atoms with van der Waals surface area (Å²) in [5, 5.41) is 12.4. The molecule has 31 heavy (non-hydrogen) atoms. The minimum Gasteiger partial charge on any atom is -0.369 e. The van der Waals surface area contributed by atoms with Crippen molar-refractivity contribution in [3.8, 4) is 0 Å². The maximum atomic E-state index is 12.4. The molecule has 3 aromatic heterocycles. The number of thioether (sulfide) groups is 1. The van der Waals surface area contributed by atoms with E-state index in [2.05, 4.69) is 44.5 Å². The molecule has 4 aromatic rings. The minimum absolute atomic E-state index is 0.0710. The Balaban J connectivity index is 1.41. The van der Waals surface area contributed by atoms with Crippen LogP contribution in [0.1, 0.15) is 13.8 Å². The van der Waals surface area contributed by atoms with Gasteiger partial charge in [0.15, 0.2) is 10.8 Å². The van der Waals surface area contributed by atoms with E-state index >= 15 is 0 Å². The maximum Gasteiger partial charge on any atom is 0.240 e. The number of carbonyl (C=O) groups excluding carboxylic acids is 1. The Labute approximate surface area is 184 Å². The van der Waals surface area contributed by atoms with Crippen molar-refractivity contribution >= 4 is 45.6 Å². The van der Waals surface area contributed by atoms with Crippen molar-refractivity contribution in [3.05, 3.63) is 36.8 Å². The molecule has 0 bridgehead atoms. The van der Waals surface area contributed by atoms with Crippen molar-refractivity contribution in [2.75, 3.05) is 24.7 Å². The molecule has 1 aromatic carbocycles. The highest BCUT2D eigenvalue weighted by molar-refractivity contribution is 7.98. The van der Waals surface area contributed by atoms with E-state index in [-0.39, 0.29) is 12.5 Å². The first-order valence-corrected chi connectivity index (χ1v) is 11.5. The fraction of sp³-hybridized carbons (Fsp3) is 0.381. The predicted molar refractivity (Wildman–Crippen MR) is 123 cm³/mol. The normalized spacial score (nSPS) is 11.5. The van der Waals surface area contributed by atoms with E-state index in [9.17, 15) is 4.79 Å². The molecule has 0 radical (unpaired) electrons. The highest BCUT2D eigenvalue weighted by Gasteiger charge is 2.13. The van der Waals surface area contributed by atoms with Crippen LogP contribution in [0.15, 0.2) is 41.9 Å². The number of anilines is 1. The van der Waals surface area contributed by atoms with Gasteiger partial charge in [-0.3, -0.25) is 4.79 Å². The SMILES string of the molecule is CSc1nc(NCC(C)C)c2cnn(CCNC(=O)Cn3cnc4ccccc43)c2n1. The number of aromatic nitrogens is 6. The lowest BCUT2D eigenvalue weighted by Gasteiger charge is -2.11. The number of nitrogens with one attached hydrogen (secondary N) is 2. The number of imidazole rings is 1. The standard InChI is InChI=1S/C21H26N8OS/c1-14(2)10-23-19-15-11-25-29(20(15)27-21(26-19)31-3)9-8-22-18(30)12-28-13-24-16-6-4-5-7-17(16)28/h4-7,11,13-14H,8-10,12H2,1-3H3,(H,22,30)(H,23,26,27). The van der Waals surface area contributed by atoms with E-state index in [0.717, 1.165) is 34.4 Å². The fourth-order valence-corrected chi connectivity index (χ4v) is 3.63. The number of hydrogen-bond donors (Lipinski definition) is 2. The van der Waals surface area contributed by atoms with Gasteiger partial charge in [-0.2, -0.15) is 5.10 Å². The van der Waals surface area contributed by atoms with Crippen LogP contribution in [-0.2, 0) is 17.9 Å². The summed E-state index contributed by atoms with van der Waals surface area (Å²) in [5.41, 5.74) is 2.59. The molecule has 4 rings (SSSR count). The Morgan fingerprint density at radius 1 is 1.23 bits per heavy atom. The zero-order valence-corrected chi connectivity index (χ0v) is 18.7. The molecule has 0 aliphatic carbocycles. The smallest absolute Gasteiger partial charge is 0.240 e.